The largest absolute Gasteiger partial charge is 0.462 e. The summed E-state index contributed by atoms with van der Waals surface area (Å²) in [5.41, 5.74) is -0.758. The van der Waals surface area contributed by atoms with Gasteiger partial charge in [0.1, 0.15) is 0 Å². The van der Waals surface area contributed by atoms with Crippen LogP contribution in [0.4, 0.5) is 0 Å². The summed E-state index contributed by atoms with van der Waals surface area (Å²) in [5, 5.41) is 0. The first-order valence-corrected chi connectivity index (χ1v) is 10.2. The van der Waals surface area contributed by atoms with Crippen molar-refractivity contribution in [2.24, 2.45) is 11.8 Å². The monoisotopic (exact) mass is 332 g/mol. The van der Waals surface area contributed by atoms with Gasteiger partial charge in [-0.05, 0) is 39.0 Å². The molecular formula is C16H29O5P. The van der Waals surface area contributed by atoms with Gasteiger partial charge in [-0.25, -0.2) is 0 Å². The van der Waals surface area contributed by atoms with Crippen LogP contribution in [0.3, 0.4) is 0 Å². The number of hydrogen-bond acceptors (Lipinski definition) is 5. The van der Waals surface area contributed by atoms with E-state index < -0.39 is 19.2 Å². The summed E-state index contributed by atoms with van der Waals surface area (Å²) in [6.07, 6.45) is 6.45. The van der Waals surface area contributed by atoms with Gasteiger partial charge in [-0.15, -0.1) is 0 Å². The summed E-state index contributed by atoms with van der Waals surface area (Å²) in [7, 11) is -3.47. The highest BCUT2D eigenvalue weighted by Gasteiger charge is 2.52. The third kappa shape index (κ3) is 3.93. The summed E-state index contributed by atoms with van der Waals surface area (Å²) in [5.74, 6) is 0.0586. The molecule has 6 heteroatoms. The molecular weight excluding hydrogens is 303 g/mol. The van der Waals surface area contributed by atoms with Gasteiger partial charge in [0.2, 0.25) is 0 Å². The molecule has 1 saturated heterocycles. The quantitative estimate of drug-likeness (QED) is 0.540. The standard InChI is InChI=1S/C16H29O5P/c1-4-19-22(18,20-5-2)15-14(11-12(3)21-16(15)17)13-9-7-6-8-10-13/h12-15H,4-11H2,1-3H3/t12-,14+,15+/m0/s1. The molecule has 0 unspecified atom stereocenters. The van der Waals surface area contributed by atoms with Gasteiger partial charge in [0, 0.05) is 0 Å². The van der Waals surface area contributed by atoms with Crippen LogP contribution in [0, 0.1) is 11.8 Å². The average molecular weight is 332 g/mol. The number of carbonyl (C=O) groups is 1. The first-order valence-electron chi connectivity index (χ1n) is 8.61. The van der Waals surface area contributed by atoms with Crippen LogP contribution in [0.25, 0.3) is 0 Å². The van der Waals surface area contributed by atoms with E-state index in [0.29, 0.717) is 5.92 Å². The molecule has 2 rings (SSSR count). The molecule has 0 spiro atoms. The van der Waals surface area contributed by atoms with Gasteiger partial charge < -0.3 is 13.8 Å². The van der Waals surface area contributed by atoms with Crippen molar-refractivity contribution in [1.29, 1.82) is 0 Å². The molecule has 0 radical (unpaired) electrons. The van der Waals surface area contributed by atoms with Crippen molar-refractivity contribution in [2.75, 3.05) is 13.2 Å². The molecule has 0 aromatic heterocycles. The lowest BCUT2D eigenvalue weighted by Crippen LogP contribution is -2.45. The summed E-state index contributed by atoms with van der Waals surface area (Å²) in [6.45, 7) is 6.01. The van der Waals surface area contributed by atoms with Gasteiger partial charge >= 0.3 is 13.6 Å². The zero-order valence-electron chi connectivity index (χ0n) is 14.0. The maximum atomic E-state index is 13.2. The van der Waals surface area contributed by atoms with E-state index in [-0.39, 0.29) is 25.2 Å². The second-order valence-electron chi connectivity index (χ2n) is 6.37. The Balaban J connectivity index is 2.28. The van der Waals surface area contributed by atoms with Crippen molar-refractivity contribution in [3.8, 4) is 0 Å². The molecule has 0 N–H and O–H groups in total. The molecule has 0 aromatic carbocycles. The number of esters is 1. The number of ether oxygens (including phenoxy) is 1. The molecule has 22 heavy (non-hydrogen) atoms. The fourth-order valence-corrected chi connectivity index (χ4v) is 6.21. The summed E-state index contributed by atoms with van der Waals surface area (Å²) in [6, 6.07) is 0. The normalized spacial score (nSPS) is 31.0. The smallest absolute Gasteiger partial charge is 0.345 e. The second-order valence-corrected chi connectivity index (χ2v) is 8.52. The maximum Gasteiger partial charge on any atom is 0.345 e. The molecule has 2 fully saturated rings. The van der Waals surface area contributed by atoms with E-state index in [1.807, 2.05) is 6.92 Å². The van der Waals surface area contributed by atoms with E-state index in [1.165, 1.54) is 19.3 Å². The molecule has 1 saturated carbocycles. The van der Waals surface area contributed by atoms with Crippen molar-refractivity contribution in [2.45, 2.75) is 71.1 Å². The number of rotatable bonds is 6. The van der Waals surface area contributed by atoms with Gasteiger partial charge in [0.25, 0.3) is 0 Å². The fraction of sp³-hybridized carbons (Fsp3) is 0.938. The first-order chi connectivity index (χ1) is 10.5. The van der Waals surface area contributed by atoms with Crippen LogP contribution in [-0.2, 0) is 23.1 Å². The van der Waals surface area contributed by atoms with Crippen LogP contribution < -0.4 is 0 Å². The number of cyclic esters (lactones) is 1. The van der Waals surface area contributed by atoms with Gasteiger partial charge in [-0.3, -0.25) is 9.36 Å². The predicted octanol–water partition coefficient (Wildman–Crippen LogP) is 4.15. The summed E-state index contributed by atoms with van der Waals surface area (Å²) in [4.78, 5) is 12.5. The Bertz CT molecular complexity index is 409. The van der Waals surface area contributed by atoms with Crippen LogP contribution in [0.1, 0.15) is 59.3 Å². The molecule has 0 amide bonds. The maximum absolute atomic E-state index is 13.2. The van der Waals surface area contributed by atoms with E-state index in [0.717, 1.165) is 19.3 Å². The van der Waals surface area contributed by atoms with Gasteiger partial charge in [0.05, 0.1) is 19.3 Å². The molecule has 1 heterocycles. The minimum Gasteiger partial charge on any atom is -0.462 e. The number of hydrogen-bond donors (Lipinski definition) is 0. The highest BCUT2D eigenvalue weighted by atomic mass is 31.2. The lowest BCUT2D eigenvalue weighted by molar-refractivity contribution is -0.157. The van der Waals surface area contributed by atoms with E-state index in [4.69, 9.17) is 13.8 Å². The second kappa shape index (κ2) is 7.94. The molecule has 5 nitrogen and oxygen atoms in total. The fourth-order valence-electron chi connectivity index (χ4n) is 3.94. The van der Waals surface area contributed by atoms with Crippen LogP contribution in [0.15, 0.2) is 0 Å². The average Bonchev–Trinajstić information content (AvgIpc) is 2.47. The summed E-state index contributed by atoms with van der Waals surface area (Å²) >= 11 is 0. The Morgan fingerprint density at radius 2 is 1.73 bits per heavy atom. The molecule has 1 aliphatic carbocycles. The predicted molar refractivity (Wildman–Crippen MR) is 84.9 cm³/mol. The molecule has 2 aliphatic rings. The third-order valence-electron chi connectivity index (χ3n) is 4.78. The van der Waals surface area contributed by atoms with Crippen LogP contribution >= 0.6 is 7.60 Å². The van der Waals surface area contributed by atoms with E-state index in [2.05, 4.69) is 0 Å². The topological polar surface area (TPSA) is 61.8 Å². The Labute approximate surface area is 133 Å². The van der Waals surface area contributed by atoms with Crippen LogP contribution in [-0.4, -0.2) is 30.9 Å². The van der Waals surface area contributed by atoms with Gasteiger partial charge in [0.15, 0.2) is 5.66 Å². The lowest BCUT2D eigenvalue weighted by Gasteiger charge is -2.41. The van der Waals surface area contributed by atoms with Crippen molar-refractivity contribution < 1.29 is 23.1 Å². The Morgan fingerprint density at radius 3 is 2.27 bits per heavy atom. The molecule has 1 aliphatic heterocycles. The SMILES string of the molecule is CCOP(=O)(OCC)[C@H]1C(=O)O[C@@H](C)C[C@@H]1C1CCCCC1. The highest BCUT2D eigenvalue weighted by molar-refractivity contribution is 7.55. The summed E-state index contributed by atoms with van der Waals surface area (Å²) < 4.78 is 29.5. The highest BCUT2D eigenvalue weighted by Crippen LogP contribution is 2.59. The molecule has 0 aromatic rings. The van der Waals surface area contributed by atoms with Crippen molar-refractivity contribution >= 4 is 13.6 Å². The Morgan fingerprint density at radius 1 is 1.14 bits per heavy atom. The van der Waals surface area contributed by atoms with E-state index >= 15 is 0 Å². The Hall–Kier alpha value is -0.380. The van der Waals surface area contributed by atoms with Crippen molar-refractivity contribution in [3.63, 3.8) is 0 Å². The van der Waals surface area contributed by atoms with Gasteiger partial charge in [-0.2, -0.15) is 0 Å². The van der Waals surface area contributed by atoms with Crippen molar-refractivity contribution in [3.05, 3.63) is 0 Å². The minimum atomic E-state index is -3.47. The van der Waals surface area contributed by atoms with Crippen molar-refractivity contribution in [1.82, 2.24) is 0 Å². The van der Waals surface area contributed by atoms with Gasteiger partial charge in [-0.1, -0.05) is 32.1 Å². The molecule has 3 atom stereocenters. The Kier molecular flexibility index (Phi) is 6.48. The molecule has 128 valence electrons. The first kappa shape index (κ1) is 18.0. The number of carbonyl (C=O) groups excluding carboxylic acids is 1. The lowest BCUT2D eigenvalue weighted by atomic mass is 9.75. The molecule has 0 bridgehead atoms. The zero-order valence-corrected chi connectivity index (χ0v) is 14.8. The zero-order chi connectivity index (χ0) is 16.2. The van der Waals surface area contributed by atoms with Crippen LogP contribution in [0.2, 0.25) is 0 Å². The minimum absolute atomic E-state index is 0.0421. The van der Waals surface area contributed by atoms with Crippen LogP contribution in [0.5, 0.6) is 0 Å². The van der Waals surface area contributed by atoms with E-state index in [1.54, 1.807) is 13.8 Å². The third-order valence-corrected chi connectivity index (χ3v) is 7.29. The van der Waals surface area contributed by atoms with E-state index in [9.17, 15) is 9.36 Å².